The Kier molecular flexibility index (Phi) is 4.75. The van der Waals surface area contributed by atoms with Crippen molar-refractivity contribution >= 4 is 27.5 Å². The summed E-state index contributed by atoms with van der Waals surface area (Å²) in [5.74, 6) is -3.06. The highest BCUT2D eigenvalue weighted by molar-refractivity contribution is 7.91. The third-order valence-electron chi connectivity index (χ3n) is 3.72. The first-order valence-corrected chi connectivity index (χ1v) is 9.51. The molecule has 1 fully saturated rings. The van der Waals surface area contributed by atoms with Crippen molar-refractivity contribution in [2.45, 2.75) is 29.4 Å². The standard InChI is InChI=1S/C19H17NO6S/c1-19(2)25-17(21)14(18(22)26-19)12-20-15-10-6-7-11-16(15)27(23,24)13-8-4-3-5-9-13/h3-12,20H,1-2H3. The predicted octanol–water partition coefficient (Wildman–Crippen LogP) is 2.65. The quantitative estimate of drug-likeness (QED) is 0.489. The minimum absolute atomic E-state index is 0.00549. The second-order valence-corrected chi connectivity index (χ2v) is 8.11. The highest BCUT2D eigenvalue weighted by atomic mass is 32.2. The molecule has 0 radical (unpaired) electrons. The van der Waals surface area contributed by atoms with Crippen molar-refractivity contribution in [3.63, 3.8) is 0 Å². The van der Waals surface area contributed by atoms with Crippen molar-refractivity contribution in [3.8, 4) is 0 Å². The molecule has 3 rings (SSSR count). The van der Waals surface area contributed by atoms with E-state index in [0.29, 0.717) is 0 Å². The molecule has 2 aromatic rings. The first-order chi connectivity index (χ1) is 12.7. The van der Waals surface area contributed by atoms with Crippen LogP contribution in [0.4, 0.5) is 5.69 Å². The summed E-state index contributed by atoms with van der Waals surface area (Å²) in [6.45, 7) is 2.88. The Bertz CT molecular complexity index is 1000. The van der Waals surface area contributed by atoms with E-state index in [4.69, 9.17) is 9.47 Å². The van der Waals surface area contributed by atoms with Gasteiger partial charge in [-0.2, -0.15) is 0 Å². The Morgan fingerprint density at radius 3 is 2.07 bits per heavy atom. The number of carbonyl (C=O) groups excluding carboxylic acids is 2. The summed E-state index contributed by atoms with van der Waals surface area (Å²) in [7, 11) is -3.79. The second kappa shape index (κ2) is 6.88. The molecule has 1 aliphatic rings. The number of rotatable bonds is 4. The van der Waals surface area contributed by atoms with Crippen LogP contribution in [0.25, 0.3) is 0 Å². The SMILES string of the molecule is CC1(C)OC(=O)C(=CNc2ccccc2S(=O)(=O)c2ccccc2)C(=O)O1. The number of para-hydroxylation sites is 1. The van der Waals surface area contributed by atoms with E-state index in [-0.39, 0.29) is 21.1 Å². The van der Waals surface area contributed by atoms with Crippen LogP contribution in [-0.2, 0) is 28.9 Å². The smallest absolute Gasteiger partial charge is 0.350 e. The molecule has 27 heavy (non-hydrogen) atoms. The Hall–Kier alpha value is -3.13. The maximum Gasteiger partial charge on any atom is 0.350 e. The predicted molar refractivity (Wildman–Crippen MR) is 96.3 cm³/mol. The highest BCUT2D eigenvalue weighted by Gasteiger charge is 2.39. The van der Waals surface area contributed by atoms with Crippen molar-refractivity contribution in [3.05, 3.63) is 66.4 Å². The minimum atomic E-state index is -3.79. The zero-order valence-corrected chi connectivity index (χ0v) is 15.4. The third-order valence-corrected chi connectivity index (χ3v) is 5.55. The van der Waals surface area contributed by atoms with Crippen molar-refractivity contribution in [2.75, 3.05) is 5.32 Å². The van der Waals surface area contributed by atoms with Gasteiger partial charge in [0.15, 0.2) is 5.57 Å². The minimum Gasteiger partial charge on any atom is -0.419 e. The number of esters is 2. The lowest BCUT2D eigenvalue weighted by Crippen LogP contribution is -2.42. The summed E-state index contributed by atoms with van der Waals surface area (Å²) in [6, 6.07) is 14.1. The van der Waals surface area contributed by atoms with Gasteiger partial charge < -0.3 is 14.8 Å². The van der Waals surface area contributed by atoms with Gasteiger partial charge in [-0.25, -0.2) is 18.0 Å². The van der Waals surface area contributed by atoms with Gasteiger partial charge in [0, 0.05) is 20.0 Å². The molecule has 1 N–H and O–H groups in total. The Morgan fingerprint density at radius 1 is 0.889 bits per heavy atom. The molecule has 0 amide bonds. The molecule has 140 valence electrons. The number of benzene rings is 2. The van der Waals surface area contributed by atoms with Crippen molar-refractivity contribution in [2.24, 2.45) is 0 Å². The highest BCUT2D eigenvalue weighted by Crippen LogP contribution is 2.28. The van der Waals surface area contributed by atoms with Gasteiger partial charge in [0.25, 0.3) is 5.79 Å². The van der Waals surface area contributed by atoms with Crippen LogP contribution in [0.2, 0.25) is 0 Å². The molecule has 0 spiro atoms. The van der Waals surface area contributed by atoms with E-state index in [1.807, 2.05) is 0 Å². The maximum atomic E-state index is 12.9. The monoisotopic (exact) mass is 387 g/mol. The summed E-state index contributed by atoms with van der Waals surface area (Å²) in [6.07, 6.45) is 1.08. The van der Waals surface area contributed by atoms with Crippen molar-refractivity contribution < 1.29 is 27.5 Å². The molecular formula is C19H17NO6S. The fourth-order valence-corrected chi connectivity index (χ4v) is 3.92. The molecule has 8 heteroatoms. The van der Waals surface area contributed by atoms with Gasteiger partial charge >= 0.3 is 11.9 Å². The number of carbonyl (C=O) groups is 2. The molecule has 0 bridgehead atoms. The van der Waals surface area contributed by atoms with E-state index in [2.05, 4.69) is 5.32 Å². The Morgan fingerprint density at radius 2 is 1.44 bits per heavy atom. The molecule has 0 aliphatic carbocycles. The summed E-state index contributed by atoms with van der Waals surface area (Å²) in [4.78, 5) is 24.1. The van der Waals surface area contributed by atoms with Gasteiger partial charge in [0.2, 0.25) is 9.84 Å². The van der Waals surface area contributed by atoms with Crippen molar-refractivity contribution in [1.82, 2.24) is 0 Å². The van der Waals surface area contributed by atoms with Crippen LogP contribution in [0.5, 0.6) is 0 Å². The Labute approximate surface area is 156 Å². The molecule has 1 heterocycles. The van der Waals surface area contributed by atoms with Crippen LogP contribution in [0.15, 0.2) is 76.2 Å². The maximum absolute atomic E-state index is 12.9. The lowest BCUT2D eigenvalue weighted by Gasteiger charge is -2.29. The normalized spacial score (nSPS) is 16.3. The molecule has 0 atom stereocenters. The van der Waals surface area contributed by atoms with Gasteiger partial charge in [0.05, 0.1) is 15.5 Å². The molecule has 1 aliphatic heterocycles. The lowest BCUT2D eigenvalue weighted by atomic mass is 10.2. The number of nitrogens with one attached hydrogen (secondary N) is 1. The van der Waals surface area contributed by atoms with E-state index >= 15 is 0 Å². The van der Waals surface area contributed by atoms with E-state index in [1.165, 1.54) is 38.1 Å². The lowest BCUT2D eigenvalue weighted by molar-refractivity contribution is -0.222. The molecule has 0 saturated carbocycles. The second-order valence-electron chi connectivity index (χ2n) is 6.19. The molecule has 7 nitrogen and oxygen atoms in total. The van der Waals surface area contributed by atoms with Crippen LogP contribution < -0.4 is 5.32 Å². The average Bonchev–Trinajstić information content (AvgIpc) is 2.61. The number of cyclic esters (lactones) is 2. The van der Waals surface area contributed by atoms with Crippen LogP contribution >= 0.6 is 0 Å². The Balaban J connectivity index is 1.94. The molecule has 0 unspecified atom stereocenters. The van der Waals surface area contributed by atoms with E-state index in [1.54, 1.807) is 30.3 Å². The van der Waals surface area contributed by atoms with Crippen LogP contribution in [0.3, 0.4) is 0 Å². The van der Waals surface area contributed by atoms with E-state index in [9.17, 15) is 18.0 Å². The van der Waals surface area contributed by atoms with Crippen LogP contribution in [0.1, 0.15) is 13.8 Å². The summed E-state index contributed by atoms with van der Waals surface area (Å²) >= 11 is 0. The average molecular weight is 387 g/mol. The van der Waals surface area contributed by atoms with Crippen LogP contribution in [-0.4, -0.2) is 26.1 Å². The zero-order valence-electron chi connectivity index (χ0n) is 14.6. The number of sulfone groups is 1. The topological polar surface area (TPSA) is 98.8 Å². The fourth-order valence-electron chi connectivity index (χ4n) is 2.48. The van der Waals surface area contributed by atoms with Crippen molar-refractivity contribution in [1.29, 1.82) is 0 Å². The fraction of sp³-hybridized carbons (Fsp3) is 0.158. The molecule has 0 aromatic heterocycles. The van der Waals surface area contributed by atoms with E-state index in [0.717, 1.165) is 6.20 Å². The molecular weight excluding hydrogens is 370 g/mol. The van der Waals surface area contributed by atoms with Gasteiger partial charge in [0.1, 0.15) is 0 Å². The van der Waals surface area contributed by atoms with Crippen LogP contribution in [0, 0.1) is 0 Å². The van der Waals surface area contributed by atoms with Gasteiger partial charge in [-0.15, -0.1) is 0 Å². The van der Waals surface area contributed by atoms with Gasteiger partial charge in [-0.05, 0) is 24.3 Å². The molecule has 2 aromatic carbocycles. The molecule has 1 saturated heterocycles. The van der Waals surface area contributed by atoms with Gasteiger partial charge in [-0.3, -0.25) is 0 Å². The van der Waals surface area contributed by atoms with Gasteiger partial charge in [-0.1, -0.05) is 30.3 Å². The summed E-state index contributed by atoms with van der Waals surface area (Å²) < 4.78 is 35.8. The summed E-state index contributed by atoms with van der Waals surface area (Å²) in [5.41, 5.74) is -0.152. The largest absolute Gasteiger partial charge is 0.419 e. The first kappa shape index (κ1) is 18.7. The first-order valence-electron chi connectivity index (χ1n) is 8.03. The number of hydrogen-bond acceptors (Lipinski definition) is 7. The number of ether oxygens (including phenoxy) is 2. The summed E-state index contributed by atoms with van der Waals surface area (Å²) in [5, 5.41) is 2.70. The third kappa shape index (κ3) is 3.85. The number of hydrogen-bond donors (Lipinski definition) is 1. The van der Waals surface area contributed by atoms with E-state index < -0.39 is 27.6 Å². The zero-order chi connectivity index (χ0) is 19.7. The number of anilines is 1.